The van der Waals surface area contributed by atoms with Crippen LogP contribution in [-0.4, -0.2) is 18.1 Å². The van der Waals surface area contributed by atoms with Gasteiger partial charge in [0.15, 0.2) is 0 Å². The average Bonchev–Trinajstić information content (AvgIpc) is 2.32. The van der Waals surface area contributed by atoms with Crippen molar-refractivity contribution in [2.75, 3.05) is 18.1 Å². The maximum atomic E-state index is 6.26. The Balaban J connectivity index is 2.77. The Labute approximate surface area is 118 Å². The van der Waals surface area contributed by atoms with Crippen molar-refractivity contribution >= 4 is 35.0 Å². The molecular formula is C13H19Cl2NS. The minimum Gasteiger partial charge on any atom is -0.309 e. The summed E-state index contributed by atoms with van der Waals surface area (Å²) in [7, 11) is 0. The molecule has 1 nitrogen and oxygen atoms in total. The summed E-state index contributed by atoms with van der Waals surface area (Å²) in [6.45, 7) is 5.23. The second kappa shape index (κ2) is 8.25. The van der Waals surface area contributed by atoms with Gasteiger partial charge in [-0.3, -0.25) is 0 Å². The van der Waals surface area contributed by atoms with E-state index in [9.17, 15) is 0 Å². The van der Waals surface area contributed by atoms with E-state index in [4.69, 9.17) is 23.2 Å². The number of halogens is 2. The fraction of sp³-hybridized carbons (Fsp3) is 0.538. The van der Waals surface area contributed by atoms with Crippen molar-refractivity contribution in [3.05, 3.63) is 33.8 Å². The molecule has 0 aliphatic rings. The molecule has 17 heavy (non-hydrogen) atoms. The Bertz CT molecular complexity index is 344. The zero-order chi connectivity index (χ0) is 12.7. The Morgan fingerprint density at radius 3 is 2.71 bits per heavy atom. The van der Waals surface area contributed by atoms with Crippen LogP contribution in [0.3, 0.4) is 0 Å². The number of nitrogens with one attached hydrogen (secondary N) is 1. The summed E-state index contributed by atoms with van der Waals surface area (Å²) in [4.78, 5) is 0. The van der Waals surface area contributed by atoms with Crippen LogP contribution in [0.15, 0.2) is 18.2 Å². The molecule has 1 rings (SSSR count). The molecule has 1 aromatic carbocycles. The molecule has 0 aromatic heterocycles. The lowest BCUT2D eigenvalue weighted by atomic mass is 10.1. The summed E-state index contributed by atoms with van der Waals surface area (Å²) < 4.78 is 0. The highest BCUT2D eigenvalue weighted by molar-refractivity contribution is 7.99. The Kier molecular flexibility index (Phi) is 7.36. The highest BCUT2D eigenvalue weighted by Gasteiger charge is 2.15. The van der Waals surface area contributed by atoms with Crippen molar-refractivity contribution in [3.63, 3.8) is 0 Å². The fourth-order valence-electron chi connectivity index (χ4n) is 1.64. The van der Waals surface area contributed by atoms with Crippen molar-refractivity contribution in [2.24, 2.45) is 0 Å². The third-order valence-corrected chi connectivity index (χ3v) is 4.54. The lowest BCUT2D eigenvalue weighted by Crippen LogP contribution is -2.23. The maximum Gasteiger partial charge on any atom is 0.0640 e. The SMILES string of the molecule is CCCSCC(NCC)c1cccc(Cl)c1Cl. The van der Waals surface area contributed by atoms with Crippen LogP contribution in [0.5, 0.6) is 0 Å². The molecule has 0 saturated carbocycles. The summed E-state index contributed by atoms with van der Waals surface area (Å²) in [5.41, 5.74) is 1.10. The van der Waals surface area contributed by atoms with Crippen LogP contribution in [0.4, 0.5) is 0 Å². The summed E-state index contributed by atoms with van der Waals surface area (Å²) in [6.07, 6.45) is 1.20. The van der Waals surface area contributed by atoms with Crippen LogP contribution in [-0.2, 0) is 0 Å². The predicted octanol–water partition coefficient (Wildman–Crippen LogP) is 4.79. The summed E-state index contributed by atoms with van der Waals surface area (Å²) >= 11 is 14.3. The molecular weight excluding hydrogens is 273 g/mol. The molecule has 0 saturated heterocycles. The highest BCUT2D eigenvalue weighted by Crippen LogP contribution is 2.31. The van der Waals surface area contributed by atoms with Gasteiger partial charge in [-0.1, -0.05) is 49.2 Å². The Morgan fingerprint density at radius 2 is 2.06 bits per heavy atom. The number of hydrogen-bond acceptors (Lipinski definition) is 2. The van der Waals surface area contributed by atoms with Gasteiger partial charge in [-0.2, -0.15) is 11.8 Å². The summed E-state index contributed by atoms with van der Waals surface area (Å²) in [5, 5.41) is 4.77. The van der Waals surface area contributed by atoms with Crippen molar-refractivity contribution in [2.45, 2.75) is 26.3 Å². The number of hydrogen-bond donors (Lipinski definition) is 1. The molecule has 0 fully saturated rings. The van der Waals surface area contributed by atoms with Gasteiger partial charge in [0.1, 0.15) is 0 Å². The predicted molar refractivity (Wildman–Crippen MR) is 80.5 cm³/mol. The third-order valence-electron chi connectivity index (χ3n) is 2.44. The van der Waals surface area contributed by atoms with Gasteiger partial charge in [0.2, 0.25) is 0 Å². The van der Waals surface area contributed by atoms with Crippen molar-refractivity contribution in [3.8, 4) is 0 Å². The molecule has 1 unspecified atom stereocenters. The fourth-order valence-corrected chi connectivity index (χ4v) is 3.07. The van der Waals surface area contributed by atoms with E-state index in [1.807, 2.05) is 30.0 Å². The topological polar surface area (TPSA) is 12.0 Å². The second-order valence-electron chi connectivity index (χ2n) is 3.83. The third kappa shape index (κ3) is 4.70. The van der Waals surface area contributed by atoms with Gasteiger partial charge in [0.25, 0.3) is 0 Å². The first-order valence-electron chi connectivity index (χ1n) is 5.95. The first-order valence-corrected chi connectivity index (χ1v) is 7.86. The van der Waals surface area contributed by atoms with Crippen molar-refractivity contribution in [1.29, 1.82) is 0 Å². The first kappa shape index (κ1) is 15.2. The van der Waals surface area contributed by atoms with E-state index in [0.717, 1.165) is 17.9 Å². The molecule has 0 aliphatic heterocycles. The van der Waals surface area contributed by atoms with E-state index in [0.29, 0.717) is 10.0 Å². The molecule has 1 N–H and O–H groups in total. The summed E-state index contributed by atoms with van der Waals surface area (Å²) in [6, 6.07) is 6.12. The lowest BCUT2D eigenvalue weighted by molar-refractivity contribution is 0.606. The van der Waals surface area contributed by atoms with Gasteiger partial charge in [-0.25, -0.2) is 0 Å². The van der Waals surface area contributed by atoms with Gasteiger partial charge in [0, 0.05) is 11.8 Å². The van der Waals surface area contributed by atoms with Crippen LogP contribution in [0.25, 0.3) is 0 Å². The molecule has 0 heterocycles. The Morgan fingerprint density at radius 1 is 1.29 bits per heavy atom. The van der Waals surface area contributed by atoms with E-state index in [1.54, 1.807) is 0 Å². The Hall–Kier alpha value is 0.110. The highest BCUT2D eigenvalue weighted by atomic mass is 35.5. The van der Waals surface area contributed by atoms with E-state index < -0.39 is 0 Å². The lowest BCUT2D eigenvalue weighted by Gasteiger charge is -2.19. The average molecular weight is 292 g/mol. The van der Waals surface area contributed by atoms with E-state index >= 15 is 0 Å². The monoisotopic (exact) mass is 291 g/mol. The maximum absolute atomic E-state index is 6.26. The van der Waals surface area contributed by atoms with Gasteiger partial charge < -0.3 is 5.32 Å². The normalized spacial score (nSPS) is 12.7. The molecule has 1 aromatic rings. The van der Waals surface area contributed by atoms with E-state index in [2.05, 4.69) is 19.2 Å². The standard InChI is InChI=1S/C13H19Cl2NS/c1-3-8-17-9-12(16-4-2)10-6-5-7-11(14)13(10)15/h5-7,12,16H,3-4,8-9H2,1-2H3. The molecule has 1 atom stereocenters. The molecule has 0 radical (unpaired) electrons. The van der Waals surface area contributed by atoms with Crippen LogP contribution >= 0.6 is 35.0 Å². The van der Waals surface area contributed by atoms with Crippen LogP contribution < -0.4 is 5.32 Å². The minimum absolute atomic E-state index is 0.280. The van der Waals surface area contributed by atoms with Crippen LogP contribution in [0, 0.1) is 0 Å². The van der Waals surface area contributed by atoms with Crippen molar-refractivity contribution < 1.29 is 0 Å². The van der Waals surface area contributed by atoms with E-state index in [1.165, 1.54) is 12.2 Å². The molecule has 0 aliphatic carbocycles. The number of benzene rings is 1. The molecule has 0 amide bonds. The largest absolute Gasteiger partial charge is 0.309 e. The zero-order valence-electron chi connectivity index (χ0n) is 10.3. The smallest absolute Gasteiger partial charge is 0.0640 e. The van der Waals surface area contributed by atoms with Crippen molar-refractivity contribution in [1.82, 2.24) is 5.32 Å². The van der Waals surface area contributed by atoms with Gasteiger partial charge >= 0.3 is 0 Å². The van der Waals surface area contributed by atoms with E-state index in [-0.39, 0.29) is 6.04 Å². The number of rotatable bonds is 7. The van der Waals surface area contributed by atoms with Gasteiger partial charge in [-0.15, -0.1) is 0 Å². The van der Waals surface area contributed by atoms with Crippen LogP contribution in [0.2, 0.25) is 10.0 Å². The van der Waals surface area contributed by atoms with Gasteiger partial charge in [-0.05, 0) is 30.3 Å². The number of thioether (sulfide) groups is 1. The molecule has 4 heteroatoms. The second-order valence-corrected chi connectivity index (χ2v) is 5.76. The molecule has 0 spiro atoms. The van der Waals surface area contributed by atoms with Crippen LogP contribution in [0.1, 0.15) is 31.9 Å². The summed E-state index contributed by atoms with van der Waals surface area (Å²) in [5.74, 6) is 2.21. The molecule has 0 bridgehead atoms. The minimum atomic E-state index is 0.280. The molecule has 96 valence electrons. The van der Waals surface area contributed by atoms with Gasteiger partial charge in [0.05, 0.1) is 10.0 Å². The zero-order valence-corrected chi connectivity index (χ0v) is 12.6. The quantitative estimate of drug-likeness (QED) is 0.725. The first-order chi connectivity index (χ1) is 8.20.